The summed E-state index contributed by atoms with van der Waals surface area (Å²) in [6.07, 6.45) is -9.95. The number of β-amino-alcohol motifs (C(OH)–C–C–N with tert-alkyl or cyclic N) is 1. The molecule has 0 aromatic heterocycles. The summed E-state index contributed by atoms with van der Waals surface area (Å²) in [5.74, 6) is -2.70. The van der Waals surface area contributed by atoms with Crippen LogP contribution in [0.2, 0.25) is 0 Å². The van der Waals surface area contributed by atoms with Crippen LogP contribution in [-0.4, -0.2) is 176 Å². The van der Waals surface area contributed by atoms with E-state index in [0.717, 1.165) is 29.6 Å². The van der Waals surface area contributed by atoms with Crippen LogP contribution in [0.5, 0.6) is 5.75 Å². The number of carbonyl (C=O) groups is 5. The number of esters is 4. The highest BCUT2D eigenvalue weighted by molar-refractivity contribution is 5.73. The first-order valence-corrected chi connectivity index (χ1v) is 27.1. The first-order valence-electron chi connectivity index (χ1n) is 27.1. The van der Waals surface area contributed by atoms with Crippen molar-refractivity contribution in [2.45, 2.75) is 205 Å². The lowest BCUT2D eigenvalue weighted by Crippen LogP contribution is -2.66. The van der Waals surface area contributed by atoms with Crippen LogP contribution in [0.25, 0.3) is 0 Å². The number of cyclic esters (lactones) is 1. The predicted octanol–water partition coefficient (Wildman–Crippen LogP) is 5.74. The number of methoxy groups -OCH3 is 1. The van der Waals surface area contributed by atoms with Crippen molar-refractivity contribution < 1.29 is 81.6 Å². The van der Waals surface area contributed by atoms with Gasteiger partial charge in [0.1, 0.15) is 49.2 Å². The lowest BCUT2D eigenvalue weighted by molar-refractivity contribution is -0.344. The van der Waals surface area contributed by atoms with E-state index in [1.165, 1.54) is 14.0 Å². The zero-order valence-electron chi connectivity index (χ0n) is 46.5. The molecule has 0 saturated carbocycles. The van der Waals surface area contributed by atoms with Gasteiger partial charge in [0.25, 0.3) is 0 Å². The third kappa shape index (κ3) is 17.7. The molecule has 0 spiro atoms. The van der Waals surface area contributed by atoms with E-state index in [0.29, 0.717) is 32.5 Å². The van der Waals surface area contributed by atoms with Crippen LogP contribution in [0.1, 0.15) is 118 Å². The van der Waals surface area contributed by atoms with Crippen molar-refractivity contribution in [1.29, 1.82) is 0 Å². The maximum Gasteiger partial charge on any atom is 0.309 e. The van der Waals surface area contributed by atoms with E-state index in [9.17, 15) is 34.2 Å². The van der Waals surface area contributed by atoms with Crippen molar-refractivity contribution in [3.8, 4) is 5.75 Å². The van der Waals surface area contributed by atoms with Crippen LogP contribution in [0.15, 0.2) is 54.6 Å². The quantitative estimate of drug-likeness (QED) is 0.0916. The monoisotopic (exact) mass is 1070 g/mol. The Morgan fingerprint density at radius 2 is 1.58 bits per heavy atom. The first-order chi connectivity index (χ1) is 36.2. The first kappa shape index (κ1) is 62.3. The number of aliphatic hydroxyl groups excluding tert-OH is 2. The van der Waals surface area contributed by atoms with Gasteiger partial charge >= 0.3 is 23.9 Å². The molecule has 3 saturated heterocycles. The highest BCUT2D eigenvalue weighted by Crippen LogP contribution is 2.39. The van der Waals surface area contributed by atoms with E-state index in [-0.39, 0.29) is 38.6 Å². The van der Waals surface area contributed by atoms with E-state index in [1.54, 1.807) is 60.5 Å². The predicted molar refractivity (Wildman–Crippen MR) is 279 cm³/mol. The fraction of sp³-hybridized carbons (Fsp3) is 0.702. The van der Waals surface area contributed by atoms with Crippen molar-refractivity contribution in [1.82, 2.24) is 9.80 Å². The maximum absolute atomic E-state index is 13.9. The standard InChI is InChI=1S/C57H86N2O17/c1-12-46(63)72-45-31-48(65)69-36(4)25-28-59(27-19-23-41-22-17-18-24-44(41)68-34-40-20-15-14-16-21-40)33-43(62)35(3)30-42(26-29-60)53(54(45)67-11)75-56-51(66)50(58(9)10)52(37(5)71-56)74-49-32-57(8,76-39(7)61)55(38(6)70-49)73-47(64)13-2/h14-18,20-22,24,29,35-38,42-43,45,49-56,62,66H,12-13,19,23,25-28,30-34H2,1-11H3/t35-,36-,37-,38+,42+,43+,45-,49+,50-,51-,52-,53+,54+,55+,56+,57-/m1/s1. The number of likely N-dealkylation sites (N-methyl/N-ethyl adjacent to an activating group) is 1. The Balaban J connectivity index is 1.41. The van der Waals surface area contributed by atoms with E-state index < -0.39 is 127 Å². The molecule has 5 rings (SSSR count). The Labute approximate surface area is 449 Å². The van der Waals surface area contributed by atoms with Crippen LogP contribution in [0.4, 0.5) is 0 Å². The van der Waals surface area contributed by atoms with E-state index in [2.05, 4.69) is 11.0 Å². The SMILES string of the molecule is CCC(=O)O[C@@H]1CC(=O)O[C@H](C)CCN(CCCc2ccccc2OCc2ccccc2)C[C@H](O)[C@H](C)C[C@H](CC=O)[C@H](O[C@@H]2O[C@H](C)[C@@H](O[C@H]3C[C@@](C)(OC(C)=O)[C@@H](OC(=O)CC)[C@H](C)O3)[C@H](N(C)C)[C@H]2O)[C@H]1OC. The molecule has 19 nitrogen and oxygen atoms in total. The number of aldehydes is 1. The fourth-order valence-corrected chi connectivity index (χ4v) is 10.7. The van der Waals surface area contributed by atoms with Gasteiger partial charge in [0, 0.05) is 52.8 Å². The van der Waals surface area contributed by atoms with Gasteiger partial charge in [-0.2, -0.15) is 0 Å². The topological polar surface area (TPSA) is 225 Å². The summed E-state index contributed by atoms with van der Waals surface area (Å²) < 4.78 is 62.1. The lowest BCUT2D eigenvalue weighted by Gasteiger charge is -2.50. The highest BCUT2D eigenvalue weighted by atomic mass is 16.7. The van der Waals surface area contributed by atoms with E-state index in [4.69, 9.17) is 47.4 Å². The Morgan fingerprint density at radius 1 is 0.895 bits per heavy atom. The largest absolute Gasteiger partial charge is 0.489 e. The zero-order valence-corrected chi connectivity index (χ0v) is 46.5. The van der Waals surface area contributed by atoms with Crippen molar-refractivity contribution >= 4 is 30.2 Å². The summed E-state index contributed by atoms with van der Waals surface area (Å²) in [7, 11) is 4.89. The Hall–Kier alpha value is -4.57. The molecule has 0 aliphatic carbocycles. The van der Waals surface area contributed by atoms with Gasteiger partial charge in [0.2, 0.25) is 0 Å². The second-order valence-electron chi connectivity index (χ2n) is 21.1. The second kappa shape index (κ2) is 30.0. The maximum atomic E-state index is 13.9. The number of benzene rings is 2. The van der Waals surface area contributed by atoms with E-state index >= 15 is 0 Å². The molecule has 426 valence electrons. The normalized spacial score (nSPS) is 33.2. The van der Waals surface area contributed by atoms with Gasteiger partial charge < -0.3 is 72.2 Å². The van der Waals surface area contributed by atoms with Crippen molar-refractivity contribution in [3.63, 3.8) is 0 Å². The van der Waals surface area contributed by atoms with Crippen molar-refractivity contribution in [2.24, 2.45) is 11.8 Å². The number of para-hydroxylation sites is 1. The van der Waals surface area contributed by atoms with Gasteiger partial charge in [-0.15, -0.1) is 0 Å². The fourth-order valence-electron chi connectivity index (χ4n) is 10.7. The molecule has 19 heteroatoms. The molecular formula is C57H86N2O17. The molecule has 16 atom stereocenters. The molecule has 0 radical (unpaired) electrons. The number of hydrogen-bond donors (Lipinski definition) is 2. The number of rotatable bonds is 20. The van der Waals surface area contributed by atoms with Crippen LogP contribution in [0.3, 0.4) is 0 Å². The van der Waals surface area contributed by atoms with Crippen LogP contribution in [0, 0.1) is 11.8 Å². The van der Waals surface area contributed by atoms with Gasteiger partial charge in [-0.3, -0.25) is 19.2 Å². The third-order valence-electron chi connectivity index (χ3n) is 14.7. The van der Waals surface area contributed by atoms with Gasteiger partial charge in [0.15, 0.2) is 24.3 Å². The van der Waals surface area contributed by atoms with Gasteiger partial charge in [-0.1, -0.05) is 69.3 Å². The summed E-state index contributed by atoms with van der Waals surface area (Å²) in [4.78, 5) is 68.6. The molecule has 0 bridgehead atoms. The van der Waals surface area contributed by atoms with Gasteiger partial charge in [-0.25, -0.2) is 0 Å². The number of nitrogens with zero attached hydrogens (tertiary/aromatic N) is 2. The van der Waals surface area contributed by atoms with Gasteiger partial charge in [0.05, 0.1) is 36.9 Å². The number of hydrogen-bond acceptors (Lipinski definition) is 19. The Morgan fingerprint density at radius 3 is 2.24 bits per heavy atom. The molecule has 0 unspecified atom stereocenters. The highest BCUT2D eigenvalue weighted by Gasteiger charge is 2.54. The van der Waals surface area contributed by atoms with Crippen molar-refractivity contribution in [2.75, 3.05) is 40.8 Å². The summed E-state index contributed by atoms with van der Waals surface area (Å²) in [6, 6.07) is 17.1. The summed E-state index contributed by atoms with van der Waals surface area (Å²) in [5, 5.41) is 24.4. The third-order valence-corrected chi connectivity index (χ3v) is 14.7. The average molecular weight is 1070 g/mol. The molecule has 3 heterocycles. The molecule has 2 aromatic rings. The zero-order chi connectivity index (χ0) is 55.7. The second-order valence-corrected chi connectivity index (χ2v) is 21.1. The molecular weight excluding hydrogens is 985 g/mol. The Bertz CT molecular complexity index is 2130. The van der Waals surface area contributed by atoms with Crippen LogP contribution in [-0.2, 0) is 79.6 Å². The summed E-state index contributed by atoms with van der Waals surface area (Å²) in [6.45, 7) is 15.2. The van der Waals surface area contributed by atoms with Gasteiger partial charge in [-0.05, 0) is 103 Å². The smallest absolute Gasteiger partial charge is 0.309 e. The lowest BCUT2D eigenvalue weighted by atomic mass is 9.82. The summed E-state index contributed by atoms with van der Waals surface area (Å²) >= 11 is 0. The minimum Gasteiger partial charge on any atom is -0.489 e. The minimum atomic E-state index is -1.44. The minimum absolute atomic E-state index is 0.0189. The molecule has 3 fully saturated rings. The van der Waals surface area contributed by atoms with Crippen LogP contribution < -0.4 is 4.74 Å². The molecule has 0 amide bonds. The average Bonchev–Trinajstić information content (AvgIpc) is 3.37. The molecule has 2 N–H and O–H groups in total. The van der Waals surface area contributed by atoms with E-state index in [1.807, 2.05) is 55.5 Å². The number of ether oxygens (including phenoxy) is 10. The molecule has 3 aliphatic rings. The number of carbonyl (C=O) groups excluding carboxylic acids is 5. The Kier molecular flexibility index (Phi) is 24.6. The molecule has 76 heavy (non-hydrogen) atoms. The van der Waals surface area contributed by atoms with Crippen LogP contribution >= 0.6 is 0 Å². The van der Waals surface area contributed by atoms with Crippen molar-refractivity contribution in [3.05, 3.63) is 65.7 Å². The number of aryl methyl sites for hydroxylation is 1. The molecule has 2 aromatic carbocycles. The number of aliphatic hydroxyl groups is 2. The summed E-state index contributed by atoms with van der Waals surface area (Å²) in [5.41, 5.74) is 0.792. The molecule has 3 aliphatic heterocycles.